The normalized spacial score (nSPS) is 21.2. The molecule has 3 heterocycles. The summed E-state index contributed by atoms with van der Waals surface area (Å²) < 4.78 is 10.4. The monoisotopic (exact) mass is 444 g/mol. The molecule has 0 aliphatic carbocycles. The van der Waals surface area contributed by atoms with E-state index in [1.165, 1.54) is 0 Å². The third-order valence-electron chi connectivity index (χ3n) is 5.71. The Balaban J connectivity index is 1.47. The lowest BCUT2D eigenvalue weighted by atomic mass is 9.88. The Morgan fingerprint density at radius 3 is 2.58 bits per heavy atom. The second kappa shape index (κ2) is 9.53. The van der Waals surface area contributed by atoms with Crippen LogP contribution >= 0.6 is 11.6 Å². The predicted octanol–water partition coefficient (Wildman–Crippen LogP) is 2.90. The summed E-state index contributed by atoms with van der Waals surface area (Å²) in [5.74, 6) is 0.556. The van der Waals surface area contributed by atoms with Gasteiger partial charge in [0.15, 0.2) is 0 Å². The number of nitrogens with one attached hydrogen (secondary N) is 2. The van der Waals surface area contributed by atoms with Crippen LogP contribution in [0.4, 0.5) is 10.5 Å². The van der Waals surface area contributed by atoms with Gasteiger partial charge in [-0.2, -0.15) is 0 Å². The molecule has 2 aliphatic rings. The van der Waals surface area contributed by atoms with E-state index < -0.39 is 0 Å². The van der Waals surface area contributed by atoms with E-state index in [9.17, 15) is 9.59 Å². The van der Waals surface area contributed by atoms with E-state index in [4.69, 9.17) is 21.1 Å². The highest BCUT2D eigenvalue weighted by Gasteiger charge is 2.38. The standard InChI is InChI=1S/C22H25ClN4O4/c1-30-17-6-7-19(24-10-17)18-11-27(21(28)14-12-31-13-14)9-8-20(18)26-22(29)25-16-4-2-15(23)3-5-16/h2-7,10,14,18,20H,8-9,11-13H2,1H3,(H2,25,26,29). The zero-order chi connectivity index (χ0) is 21.8. The van der Waals surface area contributed by atoms with E-state index in [1.54, 1.807) is 37.6 Å². The smallest absolute Gasteiger partial charge is 0.319 e. The van der Waals surface area contributed by atoms with Crippen molar-refractivity contribution < 1.29 is 19.1 Å². The summed E-state index contributed by atoms with van der Waals surface area (Å²) in [5.41, 5.74) is 1.46. The van der Waals surface area contributed by atoms with Crippen molar-refractivity contribution in [1.29, 1.82) is 0 Å². The largest absolute Gasteiger partial charge is 0.495 e. The van der Waals surface area contributed by atoms with Crippen molar-refractivity contribution in [2.45, 2.75) is 18.4 Å². The number of carbonyl (C=O) groups excluding carboxylic acids is 2. The van der Waals surface area contributed by atoms with E-state index in [2.05, 4.69) is 15.6 Å². The number of amides is 3. The summed E-state index contributed by atoms with van der Waals surface area (Å²) in [7, 11) is 1.59. The Hall–Kier alpha value is -2.84. The molecule has 0 radical (unpaired) electrons. The second-order valence-corrected chi connectivity index (χ2v) is 8.18. The van der Waals surface area contributed by atoms with Crippen LogP contribution in [0.3, 0.4) is 0 Å². The van der Waals surface area contributed by atoms with Crippen LogP contribution in [0.15, 0.2) is 42.6 Å². The molecular weight excluding hydrogens is 420 g/mol. The molecule has 2 fully saturated rings. The van der Waals surface area contributed by atoms with Gasteiger partial charge in [-0.05, 0) is 42.8 Å². The van der Waals surface area contributed by atoms with Gasteiger partial charge in [-0.15, -0.1) is 0 Å². The Morgan fingerprint density at radius 2 is 1.97 bits per heavy atom. The zero-order valence-corrected chi connectivity index (χ0v) is 18.0. The summed E-state index contributed by atoms with van der Waals surface area (Å²) in [6, 6.07) is 10.2. The Kier molecular flexibility index (Phi) is 6.58. The lowest BCUT2D eigenvalue weighted by Crippen LogP contribution is -2.55. The summed E-state index contributed by atoms with van der Waals surface area (Å²) >= 11 is 5.90. The number of methoxy groups -OCH3 is 1. The molecule has 2 aromatic rings. The third-order valence-corrected chi connectivity index (χ3v) is 5.96. The fourth-order valence-electron chi connectivity index (χ4n) is 3.86. The molecule has 2 saturated heterocycles. The number of aromatic nitrogens is 1. The summed E-state index contributed by atoms with van der Waals surface area (Å²) in [6.07, 6.45) is 2.28. The number of rotatable bonds is 5. The number of carbonyl (C=O) groups is 2. The van der Waals surface area contributed by atoms with Crippen LogP contribution in [0.5, 0.6) is 5.75 Å². The molecule has 3 amide bonds. The maximum Gasteiger partial charge on any atom is 0.319 e. The lowest BCUT2D eigenvalue weighted by molar-refractivity contribution is -0.151. The predicted molar refractivity (Wildman–Crippen MR) is 116 cm³/mol. The number of halogens is 1. The van der Waals surface area contributed by atoms with Crippen molar-refractivity contribution >= 4 is 29.2 Å². The number of piperidine rings is 1. The Morgan fingerprint density at radius 1 is 1.19 bits per heavy atom. The van der Waals surface area contributed by atoms with E-state index in [-0.39, 0.29) is 29.8 Å². The third kappa shape index (κ3) is 5.08. The number of ether oxygens (including phenoxy) is 2. The maximum atomic E-state index is 12.8. The average molecular weight is 445 g/mol. The summed E-state index contributed by atoms with van der Waals surface area (Å²) in [4.78, 5) is 31.8. The first-order chi connectivity index (χ1) is 15.0. The summed E-state index contributed by atoms with van der Waals surface area (Å²) in [6.45, 7) is 2.02. The van der Waals surface area contributed by atoms with Gasteiger partial charge in [-0.1, -0.05) is 11.6 Å². The molecule has 1 aromatic heterocycles. The number of pyridine rings is 1. The Labute approximate surface area is 185 Å². The first kappa shape index (κ1) is 21.4. The van der Waals surface area contributed by atoms with Gasteiger partial charge in [-0.3, -0.25) is 9.78 Å². The number of hydrogen-bond acceptors (Lipinski definition) is 5. The fourth-order valence-corrected chi connectivity index (χ4v) is 3.99. The van der Waals surface area contributed by atoms with E-state index in [1.807, 2.05) is 17.0 Å². The molecule has 2 aliphatic heterocycles. The first-order valence-electron chi connectivity index (χ1n) is 10.2. The van der Waals surface area contributed by atoms with Crippen molar-refractivity contribution in [2.24, 2.45) is 5.92 Å². The highest BCUT2D eigenvalue weighted by atomic mass is 35.5. The minimum atomic E-state index is -0.307. The van der Waals surface area contributed by atoms with Gasteiger partial charge in [0.2, 0.25) is 5.91 Å². The van der Waals surface area contributed by atoms with Gasteiger partial charge >= 0.3 is 6.03 Å². The highest BCUT2D eigenvalue weighted by molar-refractivity contribution is 6.30. The van der Waals surface area contributed by atoms with Crippen LogP contribution in [-0.2, 0) is 9.53 Å². The second-order valence-electron chi connectivity index (χ2n) is 7.75. The molecule has 1 aromatic carbocycles. The minimum absolute atomic E-state index is 0.0674. The van der Waals surface area contributed by atoms with Gasteiger partial charge in [-0.25, -0.2) is 4.79 Å². The maximum absolute atomic E-state index is 12.8. The molecule has 0 spiro atoms. The van der Waals surface area contributed by atoms with Crippen molar-refractivity contribution in [1.82, 2.24) is 15.2 Å². The Bertz CT molecular complexity index is 918. The van der Waals surface area contributed by atoms with Gasteiger partial charge in [0.05, 0.1) is 32.4 Å². The van der Waals surface area contributed by atoms with Crippen molar-refractivity contribution in [3.05, 3.63) is 53.3 Å². The van der Waals surface area contributed by atoms with Gasteiger partial charge < -0.3 is 25.0 Å². The molecule has 4 rings (SSSR count). The number of urea groups is 1. The van der Waals surface area contributed by atoms with E-state index in [0.717, 1.165) is 5.69 Å². The lowest BCUT2D eigenvalue weighted by Gasteiger charge is -2.41. The SMILES string of the molecule is COc1ccc(C2CN(C(=O)C3COC3)CCC2NC(=O)Nc2ccc(Cl)cc2)nc1. The summed E-state index contributed by atoms with van der Waals surface area (Å²) in [5, 5.41) is 6.49. The molecule has 0 bridgehead atoms. The number of nitrogens with zero attached hydrogens (tertiary/aromatic N) is 2. The highest BCUT2D eigenvalue weighted by Crippen LogP contribution is 2.29. The molecule has 2 unspecified atom stereocenters. The van der Waals surface area contributed by atoms with E-state index >= 15 is 0 Å². The molecule has 164 valence electrons. The van der Waals surface area contributed by atoms with Crippen molar-refractivity contribution in [3.63, 3.8) is 0 Å². The molecule has 2 N–H and O–H groups in total. The van der Waals surface area contributed by atoms with Crippen LogP contribution in [0.1, 0.15) is 18.0 Å². The first-order valence-corrected chi connectivity index (χ1v) is 10.6. The number of hydrogen-bond donors (Lipinski definition) is 2. The molecule has 2 atom stereocenters. The fraction of sp³-hybridized carbons (Fsp3) is 0.409. The average Bonchev–Trinajstić information content (AvgIpc) is 2.74. The van der Waals surface area contributed by atoms with Crippen molar-refractivity contribution in [2.75, 3.05) is 38.7 Å². The van der Waals surface area contributed by atoms with Crippen LogP contribution < -0.4 is 15.4 Å². The zero-order valence-electron chi connectivity index (χ0n) is 17.2. The van der Waals surface area contributed by atoms with Gasteiger partial charge in [0, 0.05) is 41.5 Å². The number of anilines is 1. The molecule has 8 nitrogen and oxygen atoms in total. The van der Waals surface area contributed by atoms with Crippen LogP contribution in [-0.4, -0.2) is 61.3 Å². The van der Waals surface area contributed by atoms with Gasteiger partial charge in [0.25, 0.3) is 0 Å². The van der Waals surface area contributed by atoms with E-state index in [0.29, 0.717) is 49.2 Å². The van der Waals surface area contributed by atoms with Crippen LogP contribution in [0.25, 0.3) is 0 Å². The molecule has 9 heteroatoms. The molecule has 31 heavy (non-hydrogen) atoms. The number of likely N-dealkylation sites (tertiary alicyclic amines) is 1. The van der Waals surface area contributed by atoms with Gasteiger partial charge in [0.1, 0.15) is 5.75 Å². The van der Waals surface area contributed by atoms with Crippen molar-refractivity contribution in [3.8, 4) is 5.75 Å². The molecule has 0 saturated carbocycles. The topological polar surface area (TPSA) is 92.8 Å². The number of benzene rings is 1. The molecular formula is C22H25ClN4O4. The minimum Gasteiger partial charge on any atom is -0.495 e. The van der Waals surface area contributed by atoms with Crippen LogP contribution in [0, 0.1) is 5.92 Å². The quantitative estimate of drug-likeness (QED) is 0.739. The van der Waals surface area contributed by atoms with Crippen LogP contribution in [0.2, 0.25) is 5.02 Å².